The molecule has 0 radical (unpaired) electrons. The minimum atomic E-state index is -0.175. The van der Waals surface area contributed by atoms with E-state index in [1.165, 1.54) is 6.07 Å². The summed E-state index contributed by atoms with van der Waals surface area (Å²) in [4.78, 5) is 0. The van der Waals surface area contributed by atoms with E-state index in [1.54, 1.807) is 6.07 Å². The van der Waals surface area contributed by atoms with Crippen LogP contribution in [0.3, 0.4) is 0 Å². The average Bonchev–Trinajstić information content (AvgIpc) is 2.06. The van der Waals surface area contributed by atoms with Crippen molar-refractivity contribution in [1.29, 1.82) is 0 Å². The van der Waals surface area contributed by atoms with Crippen LogP contribution >= 0.6 is 0 Å². The highest BCUT2D eigenvalue weighted by Gasteiger charge is 2.01. The molecule has 0 fully saturated rings. The van der Waals surface area contributed by atoms with Gasteiger partial charge in [-0.25, -0.2) is 4.39 Å². The van der Waals surface area contributed by atoms with Gasteiger partial charge in [0.1, 0.15) is 5.82 Å². The molecule has 1 rings (SSSR count). The number of rotatable bonds is 3. The minimum Gasteiger partial charge on any atom is -0.382 e. The summed E-state index contributed by atoms with van der Waals surface area (Å²) in [6.45, 7) is 6.96. The molecular formula is C11H16FN. The lowest BCUT2D eigenvalue weighted by molar-refractivity contribution is 0.623. The molecule has 72 valence electrons. The third-order valence-corrected chi connectivity index (χ3v) is 1.82. The molecule has 0 aliphatic heterocycles. The summed E-state index contributed by atoms with van der Waals surface area (Å²) >= 11 is 0. The predicted molar refractivity (Wildman–Crippen MR) is 54.5 cm³/mol. The summed E-state index contributed by atoms with van der Waals surface area (Å²) in [5.74, 6) is 0.353. The van der Waals surface area contributed by atoms with Crippen molar-refractivity contribution in [1.82, 2.24) is 0 Å². The summed E-state index contributed by atoms with van der Waals surface area (Å²) in [5, 5.41) is 3.08. The van der Waals surface area contributed by atoms with E-state index in [-0.39, 0.29) is 5.82 Å². The second-order valence-electron chi connectivity index (χ2n) is 3.76. The first-order chi connectivity index (χ1) is 6.09. The van der Waals surface area contributed by atoms with Gasteiger partial charge in [0.25, 0.3) is 0 Å². The second-order valence-corrected chi connectivity index (χ2v) is 3.76. The van der Waals surface area contributed by atoms with Crippen molar-refractivity contribution in [3.8, 4) is 0 Å². The first kappa shape index (κ1) is 10.0. The first-order valence-corrected chi connectivity index (χ1v) is 4.59. The van der Waals surface area contributed by atoms with E-state index in [9.17, 15) is 4.39 Å². The predicted octanol–water partition coefficient (Wildman–Crippen LogP) is 3.20. The van der Waals surface area contributed by atoms with Gasteiger partial charge in [-0.05, 0) is 30.5 Å². The Balaban J connectivity index is 2.70. The molecule has 2 heteroatoms. The maximum absolute atomic E-state index is 13.2. The fraction of sp³-hybridized carbons (Fsp3) is 0.455. The number of halogens is 1. The van der Waals surface area contributed by atoms with E-state index in [2.05, 4.69) is 19.2 Å². The van der Waals surface area contributed by atoms with Crippen molar-refractivity contribution in [2.75, 3.05) is 11.9 Å². The summed E-state index contributed by atoms with van der Waals surface area (Å²) in [5.41, 5.74) is 1.68. The molecule has 0 saturated carbocycles. The molecule has 0 heterocycles. The lowest BCUT2D eigenvalue weighted by Gasteiger charge is -2.10. The highest BCUT2D eigenvalue weighted by molar-refractivity contribution is 5.46. The number of anilines is 1. The van der Waals surface area contributed by atoms with Gasteiger partial charge in [0.05, 0.1) is 5.69 Å². The highest BCUT2D eigenvalue weighted by Crippen LogP contribution is 2.15. The number of benzene rings is 1. The average molecular weight is 181 g/mol. The van der Waals surface area contributed by atoms with E-state index < -0.39 is 0 Å². The van der Waals surface area contributed by atoms with Crippen molar-refractivity contribution in [3.63, 3.8) is 0 Å². The van der Waals surface area contributed by atoms with Gasteiger partial charge in [0.2, 0.25) is 0 Å². The van der Waals surface area contributed by atoms with E-state index in [1.807, 2.05) is 13.0 Å². The van der Waals surface area contributed by atoms with E-state index in [0.717, 1.165) is 12.1 Å². The Morgan fingerprint density at radius 2 is 2.08 bits per heavy atom. The molecule has 0 aliphatic carbocycles. The SMILES string of the molecule is Cc1ccc(F)c(NCC(C)C)c1. The molecule has 0 atom stereocenters. The molecule has 0 aromatic heterocycles. The van der Waals surface area contributed by atoms with Crippen LogP contribution in [0.2, 0.25) is 0 Å². The number of hydrogen-bond donors (Lipinski definition) is 1. The van der Waals surface area contributed by atoms with E-state index >= 15 is 0 Å². The number of aryl methyl sites for hydroxylation is 1. The Morgan fingerprint density at radius 1 is 1.38 bits per heavy atom. The fourth-order valence-corrected chi connectivity index (χ4v) is 1.09. The maximum atomic E-state index is 13.2. The molecule has 0 unspecified atom stereocenters. The second kappa shape index (κ2) is 4.26. The topological polar surface area (TPSA) is 12.0 Å². The monoisotopic (exact) mass is 181 g/mol. The van der Waals surface area contributed by atoms with Crippen LogP contribution in [0.4, 0.5) is 10.1 Å². The Kier molecular flexibility index (Phi) is 3.29. The lowest BCUT2D eigenvalue weighted by Crippen LogP contribution is -2.09. The van der Waals surface area contributed by atoms with Crippen LogP contribution < -0.4 is 5.32 Å². The fourth-order valence-electron chi connectivity index (χ4n) is 1.09. The Morgan fingerprint density at radius 3 is 2.69 bits per heavy atom. The molecule has 1 nitrogen and oxygen atoms in total. The number of nitrogens with one attached hydrogen (secondary N) is 1. The van der Waals surface area contributed by atoms with Gasteiger partial charge in [0.15, 0.2) is 0 Å². The van der Waals surface area contributed by atoms with Crippen molar-refractivity contribution in [3.05, 3.63) is 29.6 Å². The van der Waals surface area contributed by atoms with Crippen molar-refractivity contribution < 1.29 is 4.39 Å². The molecule has 1 aromatic carbocycles. The van der Waals surface area contributed by atoms with Gasteiger partial charge < -0.3 is 5.32 Å². The summed E-state index contributed by atoms with van der Waals surface area (Å²) in [6, 6.07) is 5.10. The molecule has 1 N–H and O–H groups in total. The van der Waals surface area contributed by atoms with E-state index in [0.29, 0.717) is 11.6 Å². The van der Waals surface area contributed by atoms with Crippen LogP contribution in [-0.2, 0) is 0 Å². The standard InChI is InChI=1S/C11H16FN/c1-8(2)7-13-11-6-9(3)4-5-10(11)12/h4-6,8,13H,7H2,1-3H3. The van der Waals surface area contributed by atoms with Crippen LogP contribution in [-0.4, -0.2) is 6.54 Å². The molecule has 0 saturated heterocycles. The molecule has 0 amide bonds. The van der Waals surface area contributed by atoms with Crippen molar-refractivity contribution in [2.24, 2.45) is 5.92 Å². The molecule has 0 spiro atoms. The first-order valence-electron chi connectivity index (χ1n) is 4.59. The van der Waals surface area contributed by atoms with Crippen molar-refractivity contribution in [2.45, 2.75) is 20.8 Å². The van der Waals surface area contributed by atoms with Gasteiger partial charge in [-0.3, -0.25) is 0 Å². The lowest BCUT2D eigenvalue weighted by atomic mass is 10.2. The van der Waals surface area contributed by atoms with Gasteiger partial charge in [-0.15, -0.1) is 0 Å². The van der Waals surface area contributed by atoms with E-state index in [4.69, 9.17) is 0 Å². The molecule has 13 heavy (non-hydrogen) atoms. The van der Waals surface area contributed by atoms with Gasteiger partial charge in [0, 0.05) is 6.54 Å². The zero-order valence-electron chi connectivity index (χ0n) is 8.39. The van der Waals surface area contributed by atoms with Crippen molar-refractivity contribution >= 4 is 5.69 Å². The molecule has 0 aliphatic rings. The normalized spacial score (nSPS) is 10.5. The van der Waals surface area contributed by atoms with Crippen LogP contribution in [0.25, 0.3) is 0 Å². The van der Waals surface area contributed by atoms with Crippen LogP contribution in [0, 0.1) is 18.7 Å². The van der Waals surface area contributed by atoms with Crippen LogP contribution in [0.1, 0.15) is 19.4 Å². The summed E-state index contributed by atoms with van der Waals surface area (Å²) in [7, 11) is 0. The minimum absolute atomic E-state index is 0.175. The largest absolute Gasteiger partial charge is 0.382 e. The molecule has 0 bridgehead atoms. The Labute approximate surface area is 79.0 Å². The maximum Gasteiger partial charge on any atom is 0.146 e. The van der Waals surface area contributed by atoms with Crippen LogP contribution in [0.15, 0.2) is 18.2 Å². The zero-order chi connectivity index (χ0) is 9.84. The molecule has 1 aromatic rings. The molecular weight excluding hydrogens is 165 g/mol. The smallest absolute Gasteiger partial charge is 0.146 e. The summed E-state index contributed by atoms with van der Waals surface area (Å²) < 4.78 is 13.2. The van der Waals surface area contributed by atoms with Gasteiger partial charge in [-0.1, -0.05) is 19.9 Å². The quantitative estimate of drug-likeness (QED) is 0.755. The van der Waals surface area contributed by atoms with Gasteiger partial charge in [-0.2, -0.15) is 0 Å². The Bertz CT molecular complexity index is 281. The highest BCUT2D eigenvalue weighted by atomic mass is 19.1. The van der Waals surface area contributed by atoms with Crippen LogP contribution in [0.5, 0.6) is 0 Å². The van der Waals surface area contributed by atoms with Gasteiger partial charge >= 0.3 is 0 Å². The Hall–Kier alpha value is -1.05. The third-order valence-electron chi connectivity index (χ3n) is 1.82. The number of hydrogen-bond acceptors (Lipinski definition) is 1. The zero-order valence-corrected chi connectivity index (χ0v) is 8.39. The third kappa shape index (κ3) is 3.05. The summed E-state index contributed by atoms with van der Waals surface area (Å²) in [6.07, 6.45) is 0.